The van der Waals surface area contributed by atoms with Crippen LogP contribution in [0.1, 0.15) is 24.0 Å². The number of aromatic nitrogens is 1. The molecular weight excluding hydrogens is 811 g/mol. The fourth-order valence-corrected chi connectivity index (χ4v) is 10.5. The molecule has 1 aliphatic rings. The normalized spacial score (nSPS) is 12.2. The molecule has 3 nitrogen and oxygen atoms in total. The summed E-state index contributed by atoms with van der Waals surface area (Å²) < 4.78 is 2.55. The van der Waals surface area contributed by atoms with Gasteiger partial charge in [-0.3, -0.25) is 0 Å². The van der Waals surface area contributed by atoms with Crippen LogP contribution in [0.4, 0.5) is 34.1 Å². The van der Waals surface area contributed by atoms with Crippen LogP contribution in [0.3, 0.4) is 0 Å². The molecule has 3 heteroatoms. The summed E-state index contributed by atoms with van der Waals surface area (Å²) in [5.41, 5.74) is 20.8. The van der Waals surface area contributed by atoms with Crippen molar-refractivity contribution in [1.29, 1.82) is 0 Å². The number of benzene rings is 10. The van der Waals surface area contributed by atoms with Crippen LogP contribution in [0.15, 0.2) is 249 Å². The Bertz CT molecular complexity index is 3350. The van der Waals surface area contributed by atoms with Gasteiger partial charge in [0, 0.05) is 50.6 Å². The van der Waals surface area contributed by atoms with Gasteiger partial charge in [0.05, 0.1) is 11.0 Å². The summed E-state index contributed by atoms with van der Waals surface area (Å²) in [7, 11) is 0. The molecule has 1 aliphatic carbocycles. The molecular formula is C64H49N3. The van der Waals surface area contributed by atoms with Gasteiger partial charge in [0.1, 0.15) is 0 Å². The number of fused-ring (bicyclic) bond motifs is 4. The van der Waals surface area contributed by atoms with E-state index in [-0.39, 0.29) is 0 Å². The van der Waals surface area contributed by atoms with Crippen molar-refractivity contribution in [1.82, 2.24) is 4.57 Å². The zero-order valence-corrected chi connectivity index (χ0v) is 37.3. The lowest BCUT2D eigenvalue weighted by Gasteiger charge is -2.31. The molecule has 320 valence electrons. The molecule has 0 unspecified atom stereocenters. The molecule has 0 saturated heterocycles. The van der Waals surface area contributed by atoms with Crippen molar-refractivity contribution in [3.05, 3.63) is 260 Å². The summed E-state index contributed by atoms with van der Waals surface area (Å²) in [6.07, 6.45) is 4.46. The van der Waals surface area contributed by atoms with Crippen LogP contribution >= 0.6 is 0 Å². The molecule has 67 heavy (non-hydrogen) atoms. The van der Waals surface area contributed by atoms with Gasteiger partial charge in [-0.1, -0.05) is 164 Å². The Balaban J connectivity index is 0.961. The zero-order chi connectivity index (χ0) is 44.5. The Kier molecular flexibility index (Phi) is 10.5. The average molecular weight is 860 g/mol. The lowest BCUT2D eigenvalue weighted by atomic mass is 9.88. The van der Waals surface area contributed by atoms with Gasteiger partial charge in [0.2, 0.25) is 0 Å². The number of para-hydroxylation sites is 3. The number of nitrogens with zero attached hydrogens (tertiary/aromatic N) is 3. The SMILES string of the molecule is c1ccc(-c2ccc(N(c3ccc(-c4ccccc4)cc3)c3ccc(-c4cccc5c4c4ccccc4n5-c4ccc(N(c5ccccc5)c5ccccc5)c5c4CCCC5)cc3)cc2)cc1. The van der Waals surface area contributed by atoms with Gasteiger partial charge >= 0.3 is 0 Å². The van der Waals surface area contributed by atoms with Crippen molar-refractivity contribution in [3.63, 3.8) is 0 Å². The first kappa shape index (κ1) is 40.1. The zero-order valence-electron chi connectivity index (χ0n) is 37.3. The van der Waals surface area contributed by atoms with Gasteiger partial charge in [0.15, 0.2) is 0 Å². The molecule has 0 aliphatic heterocycles. The van der Waals surface area contributed by atoms with E-state index in [1.165, 1.54) is 102 Å². The largest absolute Gasteiger partial charge is 0.311 e. The first-order chi connectivity index (χ1) is 33.3. The fourth-order valence-electron chi connectivity index (χ4n) is 10.5. The van der Waals surface area contributed by atoms with E-state index in [1.807, 2.05) is 0 Å². The van der Waals surface area contributed by atoms with E-state index < -0.39 is 0 Å². The molecule has 0 amide bonds. The average Bonchev–Trinajstić information content (AvgIpc) is 3.75. The molecule has 0 spiro atoms. The third-order valence-corrected chi connectivity index (χ3v) is 13.6. The standard InChI is InChI=1S/C64H49N3/c1-5-18-46(19-6-1)48-32-38-53(39-33-48)65(54-40-34-49(35-41-54)47-20-7-2-8-21-47)55-42-36-50(37-43-55)56-29-17-31-63-64(56)59-28-15-16-30-60(59)67(63)62-45-44-61(57-26-13-14-27-58(57)62)66(51-22-9-3-10-23-51)52-24-11-4-12-25-52/h1-12,15-25,28-45H,13-14,26-27H2. The third-order valence-electron chi connectivity index (χ3n) is 13.6. The second-order valence-electron chi connectivity index (χ2n) is 17.5. The summed E-state index contributed by atoms with van der Waals surface area (Å²) in [5, 5.41) is 2.54. The van der Waals surface area contributed by atoms with Gasteiger partial charge < -0.3 is 14.4 Å². The highest BCUT2D eigenvalue weighted by atomic mass is 15.1. The highest BCUT2D eigenvalue weighted by Gasteiger charge is 2.26. The molecule has 1 heterocycles. The summed E-state index contributed by atoms with van der Waals surface area (Å²) in [6, 6.07) is 90.5. The molecule has 0 bridgehead atoms. The van der Waals surface area contributed by atoms with E-state index in [9.17, 15) is 0 Å². The Labute approximate surface area is 393 Å². The smallest absolute Gasteiger partial charge is 0.0547 e. The molecule has 12 rings (SSSR count). The lowest BCUT2D eigenvalue weighted by Crippen LogP contribution is -2.17. The van der Waals surface area contributed by atoms with Crippen LogP contribution in [0.2, 0.25) is 0 Å². The van der Waals surface area contributed by atoms with E-state index in [0.717, 1.165) is 29.9 Å². The van der Waals surface area contributed by atoms with Gasteiger partial charge in [-0.05, 0) is 155 Å². The summed E-state index contributed by atoms with van der Waals surface area (Å²) in [4.78, 5) is 4.81. The number of rotatable bonds is 10. The Morgan fingerprint density at radius 2 is 0.731 bits per heavy atom. The second-order valence-corrected chi connectivity index (χ2v) is 17.5. The van der Waals surface area contributed by atoms with Crippen LogP contribution < -0.4 is 9.80 Å². The minimum Gasteiger partial charge on any atom is -0.311 e. The van der Waals surface area contributed by atoms with Crippen molar-refractivity contribution < 1.29 is 0 Å². The highest BCUT2D eigenvalue weighted by Crippen LogP contribution is 2.45. The van der Waals surface area contributed by atoms with Crippen LogP contribution in [-0.4, -0.2) is 4.57 Å². The monoisotopic (exact) mass is 859 g/mol. The molecule has 0 radical (unpaired) electrons. The number of hydrogen-bond acceptors (Lipinski definition) is 2. The maximum Gasteiger partial charge on any atom is 0.0547 e. The van der Waals surface area contributed by atoms with Crippen LogP contribution in [0.5, 0.6) is 0 Å². The van der Waals surface area contributed by atoms with Crippen molar-refractivity contribution >= 4 is 55.9 Å². The molecule has 1 aromatic heterocycles. The maximum atomic E-state index is 2.55. The fraction of sp³-hybridized carbons (Fsp3) is 0.0625. The summed E-state index contributed by atoms with van der Waals surface area (Å²) in [6.45, 7) is 0. The van der Waals surface area contributed by atoms with Gasteiger partial charge in [-0.15, -0.1) is 0 Å². The van der Waals surface area contributed by atoms with Crippen molar-refractivity contribution in [2.45, 2.75) is 25.7 Å². The Morgan fingerprint density at radius 3 is 1.28 bits per heavy atom. The quantitative estimate of drug-likeness (QED) is 0.136. The Hall–Kier alpha value is -8.40. The maximum absolute atomic E-state index is 2.55. The predicted molar refractivity (Wildman–Crippen MR) is 283 cm³/mol. The first-order valence-corrected chi connectivity index (χ1v) is 23.6. The third kappa shape index (κ3) is 7.45. The van der Waals surface area contributed by atoms with Gasteiger partial charge in [-0.2, -0.15) is 0 Å². The van der Waals surface area contributed by atoms with E-state index in [2.05, 4.69) is 263 Å². The lowest BCUT2D eigenvalue weighted by molar-refractivity contribution is 0.683. The number of hydrogen-bond donors (Lipinski definition) is 0. The van der Waals surface area contributed by atoms with Crippen molar-refractivity contribution in [2.24, 2.45) is 0 Å². The molecule has 0 saturated carbocycles. The van der Waals surface area contributed by atoms with E-state index >= 15 is 0 Å². The van der Waals surface area contributed by atoms with E-state index in [0.29, 0.717) is 0 Å². The van der Waals surface area contributed by atoms with Crippen LogP contribution in [0, 0.1) is 0 Å². The number of anilines is 6. The van der Waals surface area contributed by atoms with E-state index in [1.54, 1.807) is 0 Å². The Morgan fingerprint density at radius 1 is 0.299 bits per heavy atom. The van der Waals surface area contributed by atoms with Crippen LogP contribution in [0.25, 0.3) is 60.9 Å². The first-order valence-electron chi connectivity index (χ1n) is 23.6. The molecule has 0 N–H and O–H groups in total. The molecule has 10 aromatic carbocycles. The molecule has 0 fully saturated rings. The summed E-state index contributed by atoms with van der Waals surface area (Å²) in [5.74, 6) is 0. The minimum absolute atomic E-state index is 1.05. The topological polar surface area (TPSA) is 11.4 Å². The van der Waals surface area contributed by atoms with Crippen molar-refractivity contribution in [3.8, 4) is 39.1 Å². The van der Waals surface area contributed by atoms with Crippen molar-refractivity contribution in [2.75, 3.05) is 9.80 Å². The molecule has 11 aromatic rings. The van der Waals surface area contributed by atoms with Gasteiger partial charge in [0.25, 0.3) is 0 Å². The van der Waals surface area contributed by atoms with E-state index in [4.69, 9.17) is 0 Å². The minimum atomic E-state index is 1.05. The highest BCUT2D eigenvalue weighted by molar-refractivity contribution is 6.16. The molecule has 0 atom stereocenters. The van der Waals surface area contributed by atoms with Gasteiger partial charge in [-0.25, -0.2) is 0 Å². The predicted octanol–water partition coefficient (Wildman–Crippen LogP) is 17.6. The second kappa shape index (κ2) is 17.5. The van der Waals surface area contributed by atoms with Crippen LogP contribution in [-0.2, 0) is 12.8 Å². The summed E-state index contributed by atoms with van der Waals surface area (Å²) >= 11 is 0.